The second kappa shape index (κ2) is 8.55. The highest BCUT2D eigenvalue weighted by molar-refractivity contribution is 5.87. The first kappa shape index (κ1) is 17.3. The van der Waals surface area contributed by atoms with Crippen molar-refractivity contribution in [2.24, 2.45) is 0 Å². The number of aromatic nitrogens is 2. The van der Waals surface area contributed by atoms with Gasteiger partial charge in [-0.1, -0.05) is 13.3 Å². The summed E-state index contributed by atoms with van der Waals surface area (Å²) in [5.41, 5.74) is 1.93. The molecule has 1 aliphatic rings. The van der Waals surface area contributed by atoms with Gasteiger partial charge in [0.05, 0.1) is 5.69 Å². The molecule has 1 fully saturated rings. The van der Waals surface area contributed by atoms with E-state index < -0.39 is 6.04 Å². The number of rotatable bonds is 6. The number of carbonyl (C=O) groups excluding carboxylic acids is 2. The van der Waals surface area contributed by atoms with Crippen LogP contribution in [0.1, 0.15) is 50.3 Å². The third-order valence-electron chi connectivity index (χ3n) is 4.07. The summed E-state index contributed by atoms with van der Waals surface area (Å²) in [5.74, 6) is -0.0961. The van der Waals surface area contributed by atoms with Crippen LogP contribution in [0.2, 0.25) is 0 Å². The van der Waals surface area contributed by atoms with Crippen molar-refractivity contribution in [2.45, 2.75) is 65.1 Å². The molecule has 0 aliphatic carbocycles. The smallest absolute Gasteiger partial charge is 0.315 e. The molecule has 0 bridgehead atoms. The van der Waals surface area contributed by atoms with E-state index in [1.807, 2.05) is 17.8 Å². The van der Waals surface area contributed by atoms with Crippen LogP contribution in [0.15, 0.2) is 6.20 Å². The third-order valence-corrected chi connectivity index (χ3v) is 4.07. The van der Waals surface area contributed by atoms with E-state index in [0.29, 0.717) is 19.5 Å². The van der Waals surface area contributed by atoms with Gasteiger partial charge in [-0.05, 0) is 32.6 Å². The molecule has 0 saturated carbocycles. The summed E-state index contributed by atoms with van der Waals surface area (Å²) in [6.45, 7) is 6.08. The van der Waals surface area contributed by atoms with Gasteiger partial charge in [-0.15, -0.1) is 0 Å². The quantitative estimate of drug-likeness (QED) is 0.741. The van der Waals surface area contributed by atoms with Crippen molar-refractivity contribution in [1.29, 1.82) is 0 Å². The number of nitrogens with one attached hydrogen (secondary N) is 3. The third kappa shape index (κ3) is 5.26. The van der Waals surface area contributed by atoms with Crippen LogP contribution in [-0.4, -0.2) is 34.3 Å². The number of nitrogens with zero attached hydrogens (tertiary/aromatic N) is 2. The van der Waals surface area contributed by atoms with Crippen molar-refractivity contribution in [1.82, 2.24) is 25.7 Å². The standard InChI is InChI=1S/C16H27N5O2/c1-3-4-9-21-11-13(12(2)20-21)10-18-16(23)19-14-7-5-6-8-17-15(14)22/h11,14H,3-10H2,1-2H3,(H,17,22)(H2,18,19,23). The maximum Gasteiger partial charge on any atom is 0.315 e. The van der Waals surface area contributed by atoms with Crippen LogP contribution in [0, 0.1) is 6.92 Å². The zero-order valence-electron chi connectivity index (χ0n) is 14.0. The number of urea groups is 1. The van der Waals surface area contributed by atoms with Crippen molar-refractivity contribution >= 4 is 11.9 Å². The summed E-state index contributed by atoms with van der Waals surface area (Å²) in [7, 11) is 0. The summed E-state index contributed by atoms with van der Waals surface area (Å²) in [5, 5.41) is 12.8. The number of hydrogen-bond acceptors (Lipinski definition) is 3. The minimum atomic E-state index is -0.439. The van der Waals surface area contributed by atoms with Crippen LogP contribution in [0.3, 0.4) is 0 Å². The van der Waals surface area contributed by atoms with Gasteiger partial charge in [0.2, 0.25) is 5.91 Å². The lowest BCUT2D eigenvalue weighted by Gasteiger charge is -2.15. The molecule has 23 heavy (non-hydrogen) atoms. The molecule has 1 unspecified atom stereocenters. The Hall–Kier alpha value is -2.05. The Morgan fingerprint density at radius 3 is 3.09 bits per heavy atom. The molecule has 0 radical (unpaired) electrons. The molecule has 7 nitrogen and oxygen atoms in total. The van der Waals surface area contributed by atoms with E-state index >= 15 is 0 Å². The maximum atomic E-state index is 12.0. The molecular formula is C16H27N5O2. The predicted octanol–water partition coefficient (Wildman–Crippen LogP) is 1.46. The van der Waals surface area contributed by atoms with Gasteiger partial charge in [0.15, 0.2) is 0 Å². The van der Waals surface area contributed by atoms with Crippen molar-refractivity contribution in [3.63, 3.8) is 0 Å². The molecule has 1 aliphatic heterocycles. The molecule has 7 heteroatoms. The minimum absolute atomic E-state index is 0.0961. The number of amides is 3. The van der Waals surface area contributed by atoms with Crippen LogP contribution in [0.25, 0.3) is 0 Å². The van der Waals surface area contributed by atoms with E-state index in [9.17, 15) is 9.59 Å². The molecule has 1 aromatic rings. The normalized spacial score (nSPS) is 18.2. The Morgan fingerprint density at radius 1 is 1.48 bits per heavy atom. The van der Waals surface area contributed by atoms with Crippen LogP contribution in [0.4, 0.5) is 4.79 Å². The van der Waals surface area contributed by atoms with Crippen LogP contribution in [0.5, 0.6) is 0 Å². The number of unbranched alkanes of at least 4 members (excludes halogenated alkanes) is 1. The lowest BCUT2D eigenvalue weighted by atomic mass is 10.1. The van der Waals surface area contributed by atoms with Crippen LogP contribution in [-0.2, 0) is 17.9 Å². The van der Waals surface area contributed by atoms with Gasteiger partial charge in [0, 0.05) is 31.4 Å². The number of aryl methyl sites for hydroxylation is 2. The molecule has 3 amide bonds. The predicted molar refractivity (Wildman–Crippen MR) is 87.9 cm³/mol. The highest BCUT2D eigenvalue weighted by Crippen LogP contribution is 2.07. The average Bonchev–Trinajstić information content (AvgIpc) is 2.76. The first-order valence-electron chi connectivity index (χ1n) is 8.45. The van der Waals surface area contributed by atoms with Crippen LogP contribution >= 0.6 is 0 Å². The molecule has 1 aromatic heterocycles. The second-order valence-electron chi connectivity index (χ2n) is 6.02. The highest BCUT2D eigenvalue weighted by atomic mass is 16.2. The summed E-state index contributed by atoms with van der Waals surface area (Å²) < 4.78 is 1.92. The lowest BCUT2D eigenvalue weighted by molar-refractivity contribution is -0.122. The van der Waals surface area contributed by atoms with Gasteiger partial charge >= 0.3 is 6.03 Å². The Morgan fingerprint density at radius 2 is 2.30 bits per heavy atom. The Labute approximate surface area is 137 Å². The van der Waals surface area contributed by atoms with E-state index in [1.54, 1.807) is 0 Å². The van der Waals surface area contributed by atoms with Crippen LogP contribution < -0.4 is 16.0 Å². The Kier molecular flexibility index (Phi) is 6.43. The van der Waals surface area contributed by atoms with Crippen molar-refractivity contribution in [2.75, 3.05) is 6.54 Å². The molecule has 2 heterocycles. The van der Waals surface area contributed by atoms with Crippen molar-refractivity contribution in [3.8, 4) is 0 Å². The van der Waals surface area contributed by atoms with E-state index in [1.165, 1.54) is 0 Å². The van der Waals surface area contributed by atoms with E-state index in [-0.39, 0.29) is 11.9 Å². The summed E-state index contributed by atoms with van der Waals surface area (Å²) in [4.78, 5) is 23.8. The zero-order valence-corrected chi connectivity index (χ0v) is 14.0. The monoisotopic (exact) mass is 321 g/mol. The van der Waals surface area contributed by atoms with Gasteiger partial charge in [0.25, 0.3) is 0 Å². The summed E-state index contributed by atoms with van der Waals surface area (Å²) in [6.07, 6.45) is 6.77. The number of hydrogen-bond donors (Lipinski definition) is 3. The summed E-state index contributed by atoms with van der Waals surface area (Å²) in [6, 6.07) is -0.751. The zero-order chi connectivity index (χ0) is 16.7. The Bertz CT molecular complexity index is 541. The first-order valence-corrected chi connectivity index (χ1v) is 8.45. The van der Waals surface area contributed by atoms with Gasteiger partial charge in [-0.2, -0.15) is 5.10 Å². The van der Waals surface area contributed by atoms with Gasteiger partial charge in [0.1, 0.15) is 6.04 Å². The SMILES string of the molecule is CCCCn1cc(CNC(=O)NC2CCCCNC2=O)c(C)n1. The molecule has 0 aromatic carbocycles. The van der Waals surface area contributed by atoms with Gasteiger partial charge < -0.3 is 16.0 Å². The highest BCUT2D eigenvalue weighted by Gasteiger charge is 2.22. The molecular weight excluding hydrogens is 294 g/mol. The minimum Gasteiger partial charge on any atom is -0.354 e. The molecule has 2 rings (SSSR count). The van der Waals surface area contributed by atoms with Crippen molar-refractivity contribution in [3.05, 3.63) is 17.5 Å². The first-order chi connectivity index (χ1) is 11.1. The largest absolute Gasteiger partial charge is 0.354 e. The van der Waals surface area contributed by atoms with Gasteiger partial charge in [-0.3, -0.25) is 9.48 Å². The van der Waals surface area contributed by atoms with E-state index in [0.717, 1.165) is 43.5 Å². The molecule has 0 spiro atoms. The molecule has 1 saturated heterocycles. The second-order valence-corrected chi connectivity index (χ2v) is 6.02. The van der Waals surface area contributed by atoms with Gasteiger partial charge in [-0.25, -0.2) is 4.79 Å². The number of carbonyl (C=O) groups is 2. The molecule has 3 N–H and O–H groups in total. The molecule has 128 valence electrons. The maximum absolute atomic E-state index is 12.0. The summed E-state index contributed by atoms with van der Waals surface area (Å²) >= 11 is 0. The van der Waals surface area contributed by atoms with E-state index in [2.05, 4.69) is 28.0 Å². The Balaban J connectivity index is 1.81. The topological polar surface area (TPSA) is 88.0 Å². The van der Waals surface area contributed by atoms with Crippen molar-refractivity contribution < 1.29 is 9.59 Å². The van der Waals surface area contributed by atoms with E-state index in [4.69, 9.17) is 0 Å². The fourth-order valence-electron chi connectivity index (χ4n) is 2.63. The molecule has 1 atom stereocenters. The lowest BCUT2D eigenvalue weighted by Crippen LogP contribution is -2.48. The fourth-order valence-corrected chi connectivity index (χ4v) is 2.63. The average molecular weight is 321 g/mol. The fraction of sp³-hybridized carbons (Fsp3) is 0.688.